The third kappa shape index (κ3) is 3.40. The number of aromatic hydroxyl groups is 1. The molecule has 23 heavy (non-hydrogen) atoms. The van der Waals surface area contributed by atoms with E-state index in [4.69, 9.17) is 13.9 Å². The molecule has 0 fully saturated rings. The lowest BCUT2D eigenvalue weighted by molar-refractivity contribution is 0.276. The van der Waals surface area contributed by atoms with Crippen LogP contribution in [0.3, 0.4) is 0 Å². The number of fused-ring (bicyclic) bond motifs is 1. The van der Waals surface area contributed by atoms with Crippen molar-refractivity contribution < 1.29 is 19.0 Å². The first-order valence-electron chi connectivity index (χ1n) is 6.68. The third-order valence-electron chi connectivity index (χ3n) is 3.10. The SMILES string of the molecule is COc1cc(O)c2c(=O)oc(OCSc3ccncc3)cc2c1. The highest BCUT2D eigenvalue weighted by atomic mass is 32.2. The number of rotatable bonds is 5. The Morgan fingerprint density at radius 1 is 1.26 bits per heavy atom. The van der Waals surface area contributed by atoms with Crippen LogP contribution in [0.5, 0.6) is 17.4 Å². The standard InChI is InChI=1S/C16H13NO5S/c1-20-11-6-10-7-14(22-16(19)15(10)13(18)8-11)21-9-23-12-2-4-17-5-3-12/h2-8,18H,9H2,1H3. The topological polar surface area (TPSA) is 81.8 Å². The average molecular weight is 331 g/mol. The molecular formula is C16H13NO5S. The number of aromatic nitrogens is 1. The number of thioether (sulfide) groups is 1. The van der Waals surface area contributed by atoms with Gasteiger partial charge < -0.3 is 19.0 Å². The molecule has 0 radical (unpaired) electrons. The lowest BCUT2D eigenvalue weighted by Gasteiger charge is -2.07. The van der Waals surface area contributed by atoms with E-state index in [1.165, 1.54) is 24.9 Å². The fourth-order valence-corrected chi connectivity index (χ4v) is 2.66. The molecule has 1 aromatic carbocycles. The van der Waals surface area contributed by atoms with E-state index in [0.717, 1.165) is 4.90 Å². The molecule has 1 N–H and O–H groups in total. The second kappa shape index (κ2) is 6.62. The monoisotopic (exact) mass is 331 g/mol. The van der Waals surface area contributed by atoms with Crippen LogP contribution in [-0.2, 0) is 0 Å². The molecule has 0 aliphatic carbocycles. The maximum absolute atomic E-state index is 12.0. The van der Waals surface area contributed by atoms with Crippen LogP contribution in [0.1, 0.15) is 0 Å². The van der Waals surface area contributed by atoms with E-state index in [0.29, 0.717) is 11.1 Å². The van der Waals surface area contributed by atoms with E-state index < -0.39 is 5.63 Å². The summed E-state index contributed by atoms with van der Waals surface area (Å²) in [6.45, 7) is 0. The van der Waals surface area contributed by atoms with Crippen LogP contribution in [0.25, 0.3) is 10.8 Å². The minimum atomic E-state index is -0.661. The molecule has 0 aliphatic heterocycles. The second-order valence-electron chi connectivity index (χ2n) is 4.55. The first kappa shape index (κ1) is 15.2. The van der Waals surface area contributed by atoms with Crippen molar-refractivity contribution in [1.82, 2.24) is 4.98 Å². The molecule has 6 nitrogen and oxygen atoms in total. The second-order valence-corrected chi connectivity index (χ2v) is 5.55. The number of hydrogen-bond donors (Lipinski definition) is 1. The minimum Gasteiger partial charge on any atom is -0.507 e. The Balaban J connectivity index is 1.83. The van der Waals surface area contributed by atoms with Crippen LogP contribution < -0.4 is 15.1 Å². The Labute approximate surface area is 135 Å². The summed E-state index contributed by atoms with van der Waals surface area (Å²) in [5, 5.41) is 10.5. The van der Waals surface area contributed by atoms with Gasteiger partial charge in [0.25, 0.3) is 5.95 Å². The maximum Gasteiger partial charge on any atom is 0.350 e. The first-order chi connectivity index (χ1) is 11.2. The number of phenols is 1. The van der Waals surface area contributed by atoms with Crippen molar-refractivity contribution in [3.8, 4) is 17.4 Å². The van der Waals surface area contributed by atoms with E-state index in [1.54, 1.807) is 24.5 Å². The fraction of sp³-hybridized carbons (Fsp3) is 0.125. The third-order valence-corrected chi connectivity index (χ3v) is 3.95. The summed E-state index contributed by atoms with van der Waals surface area (Å²) >= 11 is 1.44. The Morgan fingerprint density at radius 2 is 2.04 bits per heavy atom. The van der Waals surface area contributed by atoms with Crippen molar-refractivity contribution in [2.75, 3.05) is 13.0 Å². The molecule has 3 rings (SSSR count). The zero-order valence-electron chi connectivity index (χ0n) is 12.2. The molecule has 2 heterocycles. The van der Waals surface area contributed by atoms with Gasteiger partial charge in [0.1, 0.15) is 22.8 Å². The molecule has 118 valence electrons. The van der Waals surface area contributed by atoms with E-state index in [2.05, 4.69) is 4.98 Å². The van der Waals surface area contributed by atoms with Gasteiger partial charge in [-0.1, -0.05) is 11.8 Å². The first-order valence-corrected chi connectivity index (χ1v) is 7.66. The molecule has 7 heteroatoms. The summed E-state index contributed by atoms with van der Waals surface area (Å²) in [7, 11) is 1.48. The summed E-state index contributed by atoms with van der Waals surface area (Å²) in [6, 6.07) is 8.25. The molecular weight excluding hydrogens is 318 g/mol. The van der Waals surface area contributed by atoms with Gasteiger partial charge in [-0.15, -0.1) is 0 Å². The van der Waals surface area contributed by atoms with Gasteiger partial charge in [0.15, 0.2) is 0 Å². The maximum atomic E-state index is 12.0. The summed E-state index contributed by atoms with van der Waals surface area (Å²) in [6.07, 6.45) is 3.38. The molecule has 0 saturated carbocycles. The van der Waals surface area contributed by atoms with Gasteiger partial charge in [-0.25, -0.2) is 4.79 Å². The van der Waals surface area contributed by atoms with Crippen molar-refractivity contribution in [2.24, 2.45) is 0 Å². The number of pyridine rings is 1. The molecule has 0 bridgehead atoms. The number of hydrogen-bond acceptors (Lipinski definition) is 7. The van der Waals surface area contributed by atoms with Crippen molar-refractivity contribution in [2.45, 2.75) is 4.90 Å². The largest absolute Gasteiger partial charge is 0.507 e. The summed E-state index contributed by atoms with van der Waals surface area (Å²) in [4.78, 5) is 16.9. The molecule has 0 atom stereocenters. The van der Waals surface area contributed by atoms with Crippen molar-refractivity contribution >= 4 is 22.5 Å². The van der Waals surface area contributed by atoms with Crippen LogP contribution in [0.2, 0.25) is 0 Å². The fourth-order valence-electron chi connectivity index (χ4n) is 2.04. The highest BCUT2D eigenvalue weighted by Crippen LogP contribution is 2.30. The van der Waals surface area contributed by atoms with Gasteiger partial charge in [0, 0.05) is 34.8 Å². The number of ether oxygens (including phenoxy) is 2. The smallest absolute Gasteiger partial charge is 0.350 e. The zero-order valence-corrected chi connectivity index (χ0v) is 13.0. The Morgan fingerprint density at radius 3 is 2.78 bits per heavy atom. The predicted molar refractivity (Wildman–Crippen MR) is 86.3 cm³/mol. The van der Waals surface area contributed by atoms with Gasteiger partial charge in [-0.3, -0.25) is 4.98 Å². The Bertz CT molecular complexity index is 879. The molecule has 2 aromatic heterocycles. The summed E-state index contributed by atoms with van der Waals surface area (Å²) in [5.74, 6) is 0.606. The van der Waals surface area contributed by atoms with Crippen LogP contribution >= 0.6 is 11.8 Å². The quantitative estimate of drug-likeness (QED) is 0.568. The van der Waals surface area contributed by atoms with Crippen molar-refractivity contribution in [1.29, 1.82) is 0 Å². The summed E-state index contributed by atoms with van der Waals surface area (Å²) < 4.78 is 15.6. The van der Waals surface area contributed by atoms with E-state index in [9.17, 15) is 9.90 Å². The van der Waals surface area contributed by atoms with E-state index in [1.807, 2.05) is 12.1 Å². The molecule has 0 amide bonds. The minimum absolute atomic E-state index is 0.0803. The number of benzene rings is 1. The normalized spacial score (nSPS) is 10.7. The van der Waals surface area contributed by atoms with E-state index in [-0.39, 0.29) is 23.0 Å². The molecule has 0 aliphatic rings. The Kier molecular flexibility index (Phi) is 4.38. The highest BCUT2D eigenvalue weighted by Gasteiger charge is 2.12. The number of methoxy groups -OCH3 is 1. The van der Waals surface area contributed by atoms with Gasteiger partial charge in [-0.05, 0) is 18.2 Å². The average Bonchev–Trinajstić information content (AvgIpc) is 2.55. The van der Waals surface area contributed by atoms with Gasteiger partial charge in [0.05, 0.1) is 7.11 Å². The number of nitrogens with zero attached hydrogens (tertiary/aromatic N) is 1. The van der Waals surface area contributed by atoms with Gasteiger partial charge in [0.2, 0.25) is 0 Å². The predicted octanol–water partition coefficient (Wildman–Crippen LogP) is 3.03. The molecule has 0 saturated heterocycles. The van der Waals surface area contributed by atoms with E-state index >= 15 is 0 Å². The van der Waals surface area contributed by atoms with Crippen LogP contribution in [-0.4, -0.2) is 23.1 Å². The van der Waals surface area contributed by atoms with Gasteiger partial charge >= 0.3 is 5.63 Å². The lowest BCUT2D eigenvalue weighted by atomic mass is 10.1. The lowest BCUT2D eigenvalue weighted by Crippen LogP contribution is -2.03. The van der Waals surface area contributed by atoms with Crippen molar-refractivity contribution in [3.05, 3.63) is 53.1 Å². The van der Waals surface area contributed by atoms with Gasteiger partial charge in [-0.2, -0.15) is 0 Å². The number of phenolic OH excluding ortho intramolecular Hbond substituents is 1. The summed E-state index contributed by atoms with van der Waals surface area (Å²) in [5.41, 5.74) is -0.661. The van der Waals surface area contributed by atoms with Crippen LogP contribution in [0.15, 0.2) is 56.8 Å². The zero-order chi connectivity index (χ0) is 16.2. The Hall–Kier alpha value is -2.67. The molecule has 3 aromatic rings. The van der Waals surface area contributed by atoms with Crippen molar-refractivity contribution in [3.63, 3.8) is 0 Å². The molecule has 0 unspecified atom stereocenters. The highest BCUT2D eigenvalue weighted by molar-refractivity contribution is 7.99. The molecule has 0 spiro atoms. The van der Waals surface area contributed by atoms with Crippen LogP contribution in [0.4, 0.5) is 0 Å². The van der Waals surface area contributed by atoms with Crippen LogP contribution in [0, 0.1) is 0 Å².